The lowest BCUT2D eigenvalue weighted by Crippen LogP contribution is -2.61. The number of H-pyrrole nitrogens is 1. The fourth-order valence-corrected chi connectivity index (χ4v) is 5.02. The number of fused-ring (bicyclic) bond motifs is 1. The molecule has 1 aliphatic rings. The Bertz CT molecular complexity index is 1290. The molecule has 170 valence electrons. The summed E-state index contributed by atoms with van der Waals surface area (Å²) >= 11 is 0. The highest BCUT2D eigenvalue weighted by Crippen LogP contribution is 2.31. The van der Waals surface area contributed by atoms with Gasteiger partial charge < -0.3 is 4.90 Å². The van der Waals surface area contributed by atoms with Crippen LogP contribution >= 0.6 is 0 Å². The summed E-state index contributed by atoms with van der Waals surface area (Å²) in [7, 11) is 0. The first-order valence-electron chi connectivity index (χ1n) is 11.6. The number of pyridine rings is 3. The van der Waals surface area contributed by atoms with Crippen LogP contribution in [0.15, 0.2) is 48.8 Å². The number of aromatic amines is 1. The molecule has 0 amide bonds. The van der Waals surface area contributed by atoms with E-state index in [0.717, 1.165) is 64.7 Å². The molecule has 0 atom stereocenters. The topological polar surface area (TPSA) is 73.8 Å². The highest BCUT2D eigenvalue weighted by atomic mass is 15.3. The molecule has 5 rings (SSSR count). The number of rotatable bonds is 4. The van der Waals surface area contributed by atoms with Crippen molar-refractivity contribution in [3.05, 3.63) is 54.5 Å². The number of nitrogens with one attached hydrogen (secondary N) is 1. The summed E-state index contributed by atoms with van der Waals surface area (Å²) in [5.41, 5.74) is 7.50. The van der Waals surface area contributed by atoms with Crippen LogP contribution in [0.5, 0.6) is 0 Å². The van der Waals surface area contributed by atoms with Gasteiger partial charge in [0.2, 0.25) is 0 Å². The predicted molar refractivity (Wildman–Crippen MR) is 133 cm³/mol. The molecule has 7 heteroatoms. The lowest BCUT2D eigenvalue weighted by atomic mass is 9.96. The van der Waals surface area contributed by atoms with Crippen molar-refractivity contribution in [1.29, 1.82) is 0 Å². The minimum atomic E-state index is 0.100. The minimum absolute atomic E-state index is 0.100. The van der Waals surface area contributed by atoms with Gasteiger partial charge in [0.1, 0.15) is 0 Å². The summed E-state index contributed by atoms with van der Waals surface area (Å²) < 4.78 is 0. The van der Waals surface area contributed by atoms with Crippen LogP contribution in [0.2, 0.25) is 0 Å². The van der Waals surface area contributed by atoms with Crippen molar-refractivity contribution in [3.8, 4) is 22.6 Å². The molecule has 0 aromatic carbocycles. The summed E-state index contributed by atoms with van der Waals surface area (Å²) in [6, 6.07) is 12.7. The Hall–Kier alpha value is -3.32. The van der Waals surface area contributed by atoms with Crippen molar-refractivity contribution < 1.29 is 0 Å². The zero-order chi connectivity index (χ0) is 23.2. The summed E-state index contributed by atoms with van der Waals surface area (Å²) in [6.07, 6.45) is 3.79. The maximum atomic E-state index is 4.97. The van der Waals surface area contributed by atoms with E-state index in [0.29, 0.717) is 6.04 Å². The zero-order valence-electron chi connectivity index (χ0n) is 20.0. The first kappa shape index (κ1) is 21.5. The maximum absolute atomic E-state index is 4.97. The Labute approximate surface area is 194 Å². The van der Waals surface area contributed by atoms with E-state index in [1.807, 2.05) is 49.6 Å². The molecule has 0 saturated carbocycles. The molecule has 1 aliphatic heterocycles. The Morgan fingerprint density at radius 2 is 1.82 bits per heavy atom. The molecule has 1 fully saturated rings. The number of anilines is 1. The third-order valence-corrected chi connectivity index (χ3v) is 6.54. The Kier molecular flexibility index (Phi) is 5.37. The molecule has 4 aromatic rings. The van der Waals surface area contributed by atoms with Crippen molar-refractivity contribution in [1.82, 2.24) is 30.0 Å². The van der Waals surface area contributed by atoms with Crippen molar-refractivity contribution >= 4 is 16.7 Å². The lowest BCUT2D eigenvalue weighted by molar-refractivity contribution is 0.0716. The zero-order valence-corrected chi connectivity index (χ0v) is 20.0. The molecule has 1 saturated heterocycles. The number of aryl methyl sites for hydroxylation is 1. The van der Waals surface area contributed by atoms with Gasteiger partial charge in [0, 0.05) is 42.5 Å². The second kappa shape index (κ2) is 8.23. The van der Waals surface area contributed by atoms with Crippen LogP contribution in [0.3, 0.4) is 0 Å². The van der Waals surface area contributed by atoms with Crippen molar-refractivity contribution in [2.75, 3.05) is 24.5 Å². The van der Waals surface area contributed by atoms with E-state index in [4.69, 9.17) is 9.97 Å². The number of hydrogen-bond donors (Lipinski definition) is 1. The maximum Gasteiger partial charge on any atom is 0.0928 e. The van der Waals surface area contributed by atoms with Crippen LogP contribution < -0.4 is 4.90 Å². The van der Waals surface area contributed by atoms with Gasteiger partial charge in [0.25, 0.3) is 0 Å². The average molecular weight is 442 g/mol. The molecule has 33 heavy (non-hydrogen) atoms. The smallest absolute Gasteiger partial charge is 0.0928 e. The monoisotopic (exact) mass is 441 g/mol. The normalized spacial score (nSPS) is 16.6. The Morgan fingerprint density at radius 3 is 2.58 bits per heavy atom. The summed E-state index contributed by atoms with van der Waals surface area (Å²) in [4.78, 5) is 19.4. The molecule has 0 radical (unpaired) electrons. The van der Waals surface area contributed by atoms with E-state index >= 15 is 0 Å². The van der Waals surface area contributed by atoms with Gasteiger partial charge in [-0.2, -0.15) is 5.10 Å². The quantitative estimate of drug-likeness (QED) is 0.495. The minimum Gasteiger partial charge on any atom is -0.367 e. The molecule has 4 aromatic heterocycles. The van der Waals surface area contributed by atoms with Crippen LogP contribution in [0, 0.1) is 6.92 Å². The number of hydrogen-bond acceptors (Lipinski definition) is 6. The number of nitrogens with zero attached hydrogens (tertiary/aromatic N) is 6. The third kappa shape index (κ3) is 4.09. The molecule has 5 heterocycles. The predicted octanol–water partition coefficient (Wildman–Crippen LogP) is 4.70. The van der Waals surface area contributed by atoms with Gasteiger partial charge in [-0.3, -0.25) is 20.0 Å². The summed E-state index contributed by atoms with van der Waals surface area (Å²) in [5.74, 6) is 0. The molecule has 0 aliphatic carbocycles. The Balaban J connectivity index is 1.49. The van der Waals surface area contributed by atoms with Gasteiger partial charge in [-0.1, -0.05) is 6.07 Å². The van der Waals surface area contributed by atoms with Gasteiger partial charge >= 0.3 is 0 Å². The fraction of sp³-hybridized carbons (Fsp3) is 0.385. The molecule has 7 nitrogen and oxygen atoms in total. The van der Waals surface area contributed by atoms with E-state index < -0.39 is 0 Å². The van der Waals surface area contributed by atoms with Gasteiger partial charge in [-0.05, 0) is 65.0 Å². The van der Waals surface area contributed by atoms with Gasteiger partial charge in [0.05, 0.1) is 46.2 Å². The molecular weight excluding hydrogens is 410 g/mol. The number of piperazine rings is 1. The van der Waals surface area contributed by atoms with Crippen LogP contribution in [0.4, 0.5) is 5.69 Å². The van der Waals surface area contributed by atoms with Crippen LogP contribution in [0.25, 0.3) is 33.7 Å². The second-order valence-corrected chi connectivity index (χ2v) is 9.77. The van der Waals surface area contributed by atoms with Gasteiger partial charge in [0.15, 0.2) is 0 Å². The molecular formula is C26H31N7. The van der Waals surface area contributed by atoms with E-state index in [1.54, 1.807) is 0 Å². The summed E-state index contributed by atoms with van der Waals surface area (Å²) in [6.45, 7) is 14.2. The standard InChI is InChI=1S/C26H31N7/c1-17(2)33-12-11-32(16-26(33,4)5)19-13-24-22(27-14-19)10-9-21(30-24)20-15-28-31-25(20)23-8-6-7-18(3)29-23/h6-10,13-15,17H,11-12,16H2,1-5H3,(H,28,31). The van der Waals surface area contributed by atoms with Crippen LogP contribution in [-0.2, 0) is 0 Å². The van der Waals surface area contributed by atoms with E-state index in [1.165, 1.54) is 0 Å². The molecule has 0 bridgehead atoms. The van der Waals surface area contributed by atoms with Crippen LogP contribution in [0.1, 0.15) is 33.4 Å². The van der Waals surface area contributed by atoms with Gasteiger partial charge in [-0.25, -0.2) is 4.98 Å². The fourth-order valence-electron chi connectivity index (χ4n) is 5.02. The third-order valence-electron chi connectivity index (χ3n) is 6.54. The highest BCUT2D eigenvalue weighted by Gasteiger charge is 2.35. The van der Waals surface area contributed by atoms with E-state index in [9.17, 15) is 0 Å². The van der Waals surface area contributed by atoms with Crippen molar-refractivity contribution in [2.24, 2.45) is 0 Å². The van der Waals surface area contributed by atoms with E-state index in [2.05, 4.69) is 58.7 Å². The van der Waals surface area contributed by atoms with E-state index in [-0.39, 0.29) is 5.54 Å². The molecule has 1 N–H and O–H groups in total. The first-order chi connectivity index (χ1) is 15.8. The van der Waals surface area contributed by atoms with Crippen LogP contribution in [-0.4, -0.2) is 61.3 Å². The second-order valence-electron chi connectivity index (χ2n) is 9.77. The largest absolute Gasteiger partial charge is 0.367 e. The molecule has 0 unspecified atom stereocenters. The number of aromatic nitrogens is 5. The average Bonchev–Trinajstić information content (AvgIpc) is 3.27. The molecule has 0 spiro atoms. The van der Waals surface area contributed by atoms with Crippen molar-refractivity contribution in [3.63, 3.8) is 0 Å². The Morgan fingerprint density at radius 1 is 0.970 bits per heavy atom. The first-order valence-corrected chi connectivity index (χ1v) is 11.6. The van der Waals surface area contributed by atoms with Crippen molar-refractivity contribution in [2.45, 2.75) is 46.2 Å². The van der Waals surface area contributed by atoms with Gasteiger partial charge in [-0.15, -0.1) is 0 Å². The summed E-state index contributed by atoms with van der Waals surface area (Å²) in [5, 5.41) is 7.38. The SMILES string of the molecule is Cc1cccc(-c2[nH]ncc2-c2ccc3ncc(N4CCN(C(C)C)C(C)(C)C4)cc3n2)n1. The highest BCUT2D eigenvalue weighted by molar-refractivity contribution is 5.84. The lowest BCUT2D eigenvalue weighted by Gasteiger charge is -2.49.